The number of benzene rings is 1. The van der Waals surface area contributed by atoms with E-state index in [1.807, 2.05) is 19.9 Å². The highest BCUT2D eigenvalue weighted by Gasteiger charge is 2.38. The molecule has 1 aliphatic rings. The third kappa shape index (κ3) is 4.75. The Kier molecular flexibility index (Phi) is 5.42. The van der Waals surface area contributed by atoms with Gasteiger partial charge in [0.05, 0.1) is 35.7 Å². The molecule has 6 nitrogen and oxygen atoms in total. The number of morpholine rings is 1. The predicted octanol–water partition coefficient (Wildman–Crippen LogP) is 1.51. The molecule has 0 aliphatic carbocycles. The molecule has 1 atom stereocenters. The van der Waals surface area contributed by atoms with Crippen molar-refractivity contribution in [3.05, 3.63) is 35.4 Å². The van der Waals surface area contributed by atoms with Gasteiger partial charge in [-0.15, -0.1) is 0 Å². The van der Waals surface area contributed by atoms with Crippen LogP contribution in [-0.4, -0.2) is 51.2 Å². The highest BCUT2D eigenvalue weighted by Crippen LogP contribution is 2.25. The van der Waals surface area contributed by atoms with Crippen LogP contribution in [0.1, 0.15) is 25.0 Å². The fourth-order valence-electron chi connectivity index (χ4n) is 2.76. The van der Waals surface area contributed by atoms with Crippen molar-refractivity contribution in [2.45, 2.75) is 31.3 Å². The van der Waals surface area contributed by atoms with Crippen LogP contribution in [0.4, 0.5) is 0 Å². The maximum Gasteiger partial charge on any atom is 0.218 e. The number of nitrogens with zero attached hydrogens (tertiary/aromatic N) is 2. The zero-order valence-electron chi connectivity index (χ0n) is 13.7. The lowest BCUT2D eigenvalue weighted by molar-refractivity contribution is -0.135. The van der Waals surface area contributed by atoms with E-state index in [1.54, 1.807) is 31.4 Å². The van der Waals surface area contributed by atoms with Gasteiger partial charge in [-0.25, -0.2) is 8.42 Å². The molecule has 0 saturated carbocycles. The Hall–Kier alpha value is -1.46. The quantitative estimate of drug-likeness (QED) is 0.813. The SMILES string of the molecule is COCC1CN(S(=O)(=O)Cc2cccc(C#N)c2)CC(C)(C)O1. The van der Waals surface area contributed by atoms with Gasteiger partial charge in [0.1, 0.15) is 0 Å². The molecule has 1 heterocycles. The van der Waals surface area contributed by atoms with Crippen molar-refractivity contribution in [3.8, 4) is 6.07 Å². The molecular weight excluding hydrogens is 316 g/mol. The van der Waals surface area contributed by atoms with E-state index in [4.69, 9.17) is 14.7 Å². The van der Waals surface area contributed by atoms with Crippen molar-refractivity contribution in [3.63, 3.8) is 0 Å². The molecule has 0 radical (unpaired) electrons. The summed E-state index contributed by atoms with van der Waals surface area (Å²) in [5.74, 6) is -0.127. The van der Waals surface area contributed by atoms with Gasteiger partial charge in [-0.3, -0.25) is 0 Å². The summed E-state index contributed by atoms with van der Waals surface area (Å²) in [5, 5.41) is 8.93. The smallest absolute Gasteiger partial charge is 0.218 e. The molecule has 1 unspecified atom stereocenters. The van der Waals surface area contributed by atoms with Gasteiger partial charge in [0.2, 0.25) is 10.0 Å². The lowest BCUT2D eigenvalue weighted by atomic mass is 10.1. The summed E-state index contributed by atoms with van der Waals surface area (Å²) < 4.78 is 37.9. The largest absolute Gasteiger partial charge is 0.382 e. The predicted molar refractivity (Wildman–Crippen MR) is 86.2 cm³/mol. The van der Waals surface area contributed by atoms with Gasteiger partial charge >= 0.3 is 0 Å². The second-order valence-electron chi connectivity index (χ2n) is 6.32. The summed E-state index contributed by atoms with van der Waals surface area (Å²) in [7, 11) is -1.93. The monoisotopic (exact) mass is 338 g/mol. The first-order valence-corrected chi connectivity index (χ1v) is 9.00. The fourth-order valence-corrected chi connectivity index (χ4v) is 4.44. The van der Waals surface area contributed by atoms with Gasteiger partial charge in [-0.05, 0) is 31.5 Å². The molecular formula is C16H22N2O4S. The van der Waals surface area contributed by atoms with Crippen molar-refractivity contribution in [1.82, 2.24) is 4.31 Å². The molecule has 0 amide bonds. The molecule has 0 N–H and O–H groups in total. The van der Waals surface area contributed by atoms with Crippen LogP contribution in [0.25, 0.3) is 0 Å². The number of ether oxygens (including phenoxy) is 2. The molecule has 0 bridgehead atoms. The molecule has 7 heteroatoms. The molecule has 1 aromatic carbocycles. The highest BCUT2D eigenvalue weighted by molar-refractivity contribution is 7.88. The zero-order valence-corrected chi connectivity index (χ0v) is 14.5. The number of rotatable bonds is 5. The minimum absolute atomic E-state index is 0.127. The lowest BCUT2D eigenvalue weighted by Crippen LogP contribution is -2.55. The summed E-state index contributed by atoms with van der Waals surface area (Å²) in [5.41, 5.74) is 0.497. The molecule has 126 valence electrons. The second kappa shape index (κ2) is 6.97. The fraction of sp³-hybridized carbons (Fsp3) is 0.562. The Morgan fingerprint density at radius 1 is 1.48 bits per heavy atom. The normalized spacial score (nSPS) is 21.7. The van der Waals surface area contributed by atoms with E-state index in [-0.39, 0.29) is 18.4 Å². The minimum Gasteiger partial charge on any atom is -0.382 e. The molecule has 2 rings (SSSR count). The van der Waals surface area contributed by atoms with E-state index in [0.29, 0.717) is 24.3 Å². The molecule has 0 aromatic heterocycles. The van der Waals surface area contributed by atoms with Crippen LogP contribution in [0.2, 0.25) is 0 Å². The van der Waals surface area contributed by atoms with Crippen molar-refractivity contribution in [2.75, 3.05) is 26.8 Å². The first-order valence-electron chi connectivity index (χ1n) is 7.39. The number of nitriles is 1. The van der Waals surface area contributed by atoms with Crippen LogP contribution < -0.4 is 0 Å². The summed E-state index contributed by atoms with van der Waals surface area (Å²) in [4.78, 5) is 0. The summed E-state index contributed by atoms with van der Waals surface area (Å²) in [6, 6.07) is 8.70. The number of hydrogen-bond donors (Lipinski definition) is 0. The Bertz CT molecular complexity index is 694. The number of methoxy groups -OCH3 is 1. The van der Waals surface area contributed by atoms with Gasteiger partial charge in [0, 0.05) is 20.2 Å². The molecule has 0 spiro atoms. The third-order valence-corrected chi connectivity index (χ3v) is 5.36. The second-order valence-corrected chi connectivity index (χ2v) is 8.28. The average Bonchev–Trinajstić information content (AvgIpc) is 2.45. The first kappa shape index (κ1) is 17.9. The van der Waals surface area contributed by atoms with Gasteiger partial charge < -0.3 is 9.47 Å². The van der Waals surface area contributed by atoms with Crippen LogP contribution in [0.5, 0.6) is 0 Å². The molecule has 1 fully saturated rings. The van der Waals surface area contributed by atoms with E-state index in [9.17, 15) is 8.42 Å². The van der Waals surface area contributed by atoms with Gasteiger partial charge in [0.15, 0.2) is 0 Å². The van der Waals surface area contributed by atoms with E-state index < -0.39 is 15.6 Å². The Morgan fingerprint density at radius 3 is 2.87 bits per heavy atom. The molecule has 1 aliphatic heterocycles. The van der Waals surface area contributed by atoms with Gasteiger partial charge in [0.25, 0.3) is 0 Å². The molecule has 23 heavy (non-hydrogen) atoms. The maximum atomic E-state index is 12.7. The first-order chi connectivity index (χ1) is 10.8. The van der Waals surface area contributed by atoms with Crippen LogP contribution in [0.3, 0.4) is 0 Å². The Morgan fingerprint density at radius 2 is 2.22 bits per heavy atom. The van der Waals surface area contributed by atoms with E-state index >= 15 is 0 Å². The van der Waals surface area contributed by atoms with Gasteiger partial charge in [-0.1, -0.05) is 12.1 Å². The van der Waals surface area contributed by atoms with Crippen molar-refractivity contribution in [1.29, 1.82) is 5.26 Å². The Labute approximate surface area is 137 Å². The van der Waals surface area contributed by atoms with Gasteiger partial charge in [-0.2, -0.15) is 9.57 Å². The van der Waals surface area contributed by atoms with Crippen LogP contribution in [-0.2, 0) is 25.2 Å². The van der Waals surface area contributed by atoms with E-state index in [0.717, 1.165) is 0 Å². The highest BCUT2D eigenvalue weighted by atomic mass is 32.2. The van der Waals surface area contributed by atoms with Crippen molar-refractivity contribution in [2.24, 2.45) is 0 Å². The summed E-state index contributed by atoms with van der Waals surface area (Å²) >= 11 is 0. The van der Waals surface area contributed by atoms with Crippen LogP contribution in [0.15, 0.2) is 24.3 Å². The number of hydrogen-bond acceptors (Lipinski definition) is 5. The van der Waals surface area contributed by atoms with E-state index in [2.05, 4.69) is 0 Å². The lowest BCUT2D eigenvalue weighted by Gasteiger charge is -2.41. The average molecular weight is 338 g/mol. The molecule has 1 aromatic rings. The zero-order chi connectivity index (χ0) is 17.1. The summed E-state index contributed by atoms with van der Waals surface area (Å²) in [6.45, 7) is 4.66. The van der Waals surface area contributed by atoms with Crippen LogP contribution in [0, 0.1) is 11.3 Å². The molecule has 1 saturated heterocycles. The van der Waals surface area contributed by atoms with Crippen molar-refractivity contribution < 1.29 is 17.9 Å². The van der Waals surface area contributed by atoms with E-state index in [1.165, 1.54) is 4.31 Å². The number of sulfonamides is 1. The standard InChI is InChI=1S/C16H22N2O4S/c1-16(2)12-18(9-15(22-16)10-21-3)23(19,20)11-14-6-4-5-13(7-14)8-17/h4-7,15H,9-12H2,1-3H3. The minimum atomic E-state index is -3.50. The van der Waals surface area contributed by atoms with Crippen LogP contribution >= 0.6 is 0 Å². The third-order valence-electron chi connectivity index (χ3n) is 3.60. The maximum absolute atomic E-state index is 12.7. The topological polar surface area (TPSA) is 79.6 Å². The van der Waals surface area contributed by atoms with Crippen molar-refractivity contribution >= 4 is 10.0 Å². The summed E-state index contributed by atoms with van der Waals surface area (Å²) in [6.07, 6.45) is -0.288. The Balaban J connectivity index is 2.19.